The second-order valence-electron chi connectivity index (χ2n) is 6.64. The van der Waals surface area contributed by atoms with Gasteiger partial charge in [-0.2, -0.15) is 0 Å². The zero-order valence-corrected chi connectivity index (χ0v) is 16.7. The Morgan fingerprint density at radius 2 is 1.78 bits per heavy atom. The normalized spacial score (nSPS) is 11.8. The number of hydrogen-bond acceptors (Lipinski definition) is 6. The number of benzene rings is 1. The Bertz CT molecular complexity index is 584. The third kappa shape index (κ3) is 9.43. The van der Waals surface area contributed by atoms with Crippen molar-refractivity contribution in [3.63, 3.8) is 0 Å². The Hall–Kier alpha value is -2.08. The molecule has 6 heteroatoms. The van der Waals surface area contributed by atoms with Crippen molar-refractivity contribution >= 4 is 11.8 Å². The van der Waals surface area contributed by atoms with E-state index in [1.165, 1.54) is 14.2 Å². The Morgan fingerprint density at radius 1 is 1.04 bits per heavy atom. The van der Waals surface area contributed by atoms with Gasteiger partial charge in [-0.15, -0.1) is 0 Å². The quantitative estimate of drug-likeness (QED) is 0.390. The Balaban J connectivity index is 2.25. The van der Waals surface area contributed by atoms with E-state index in [0.717, 1.165) is 37.7 Å². The number of aromatic hydroxyl groups is 1. The van der Waals surface area contributed by atoms with E-state index < -0.39 is 0 Å². The number of esters is 1. The van der Waals surface area contributed by atoms with E-state index in [4.69, 9.17) is 9.47 Å². The van der Waals surface area contributed by atoms with Crippen LogP contribution in [-0.4, -0.2) is 44.3 Å². The number of rotatable bonds is 14. The summed E-state index contributed by atoms with van der Waals surface area (Å²) in [5.41, 5.74) is 0.956. The number of phenolic OH excluding ortho intramolecular Hbond substituents is 1. The summed E-state index contributed by atoms with van der Waals surface area (Å²) in [5, 5.41) is 9.61. The molecule has 6 nitrogen and oxygen atoms in total. The van der Waals surface area contributed by atoms with Crippen LogP contribution in [0.2, 0.25) is 0 Å². The maximum absolute atomic E-state index is 12.2. The monoisotopic (exact) mass is 380 g/mol. The standard InChI is InChI=1S/C21H32O6/c1-25-18(8-6-4-5-7-9-21(24)27-3)15-17(22)12-10-16-11-13-19(23)20(14-16)26-2/h11,13-14,18,23H,4-10,12,15H2,1-3H3. The molecule has 0 amide bonds. The number of ketones is 1. The second-order valence-corrected chi connectivity index (χ2v) is 6.64. The minimum absolute atomic E-state index is 0.0625. The van der Waals surface area contributed by atoms with Crippen molar-refractivity contribution in [1.82, 2.24) is 0 Å². The molecule has 1 atom stereocenters. The molecule has 1 N–H and O–H groups in total. The number of carbonyl (C=O) groups is 2. The van der Waals surface area contributed by atoms with Crippen molar-refractivity contribution < 1.29 is 28.9 Å². The lowest BCUT2D eigenvalue weighted by Crippen LogP contribution is -2.16. The van der Waals surface area contributed by atoms with Crippen LogP contribution in [0.3, 0.4) is 0 Å². The lowest BCUT2D eigenvalue weighted by Gasteiger charge is -2.14. The first-order valence-corrected chi connectivity index (χ1v) is 9.47. The second kappa shape index (κ2) is 13.1. The highest BCUT2D eigenvalue weighted by atomic mass is 16.5. The summed E-state index contributed by atoms with van der Waals surface area (Å²) >= 11 is 0. The predicted octanol–water partition coefficient (Wildman–Crippen LogP) is 3.82. The van der Waals surface area contributed by atoms with Gasteiger partial charge < -0.3 is 19.3 Å². The fourth-order valence-electron chi connectivity index (χ4n) is 2.92. The summed E-state index contributed by atoms with van der Waals surface area (Å²) in [6.07, 6.45) is 6.49. The molecule has 0 radical (unpaired) electrons. The van der Waals surface area contributed by atoms with E-state index in [-0.39, 0.29) is 23.6 Å². The maximum Gasteiger partial charge on any atom is 0.305 e. The summed E-state index contributed by atoms with van der Waals surface area (Å²) in [5.74, 6) is 0.515. The maximum atomic E-state index is 12.2. The van der Waals surface area contributed by atoms with Gasteiger partial charge in [-0.05, 0) is 37.0 Å². The number of unbranched alkanes of at least 4 members (excludes halogenated alkanes) is 3. The first-order chi connectivity index (χ1) is 13.0. The molecule has 0 fully saturated rings. The van der Waals surface area contributed by atoms with E-state index in [1.807, 2.05) is 0 Å². The molecular weight excluding hydrogens is 348 g/mol. The zero-order valence-electron chi connectivity index (χ0n) is 16.7. The molecule has 0 aliphatic carbocycles. The number of Topliss-reactive ketones (excluding diaryl/α,β-unsaturated/α-hetero) is 1. The fraction of sp³-hybridized carbons (Fsp3) is 0.619. The molecule has 0 heterocycles. The van der Waals surface area contributed by atoms with Crippen molar-refractivity contribution in [2.75, 3.05) is 21.3 Å². The summed E-state index contributed by atoms with van der Waals surface area (Å²) in [6.45, 7) is 0. The van der Waals surface area contributed by atoms with Gasteiger partial charge in [-0.3, -0.25) is 9.59 Å². The van der Waals surface area contributed by atoms with E-state index >= 15 is 0 Å². The minimum Gasteiger partial charge on any atom is -0.504 e. The van der Waals surface area contributed by atoms with Crippen molar-refractivity contribution in [2.45, 2.75) is 63.9 Å². The average Bonchev–Trinajstić information content (AvgIpc) is 2.68. The van der Waals surface area contributed by atoms with Gasteiger partial charge in [-0.25, -0.2) is 0 Å². The third-order valence-electron chi connectivity index (χ3n) is 4.61. The number of hydrogen-bond donors (Lipinski definition) is 1. The summed E-state index contributed by atoms with van der Waals surface area (Å²) in [7, 11) is 4.54. The molecule has 1 unspecified atom stereocenters. The Kier molecular flexibility index (Phi) is 11.2. The third-order valence-corrected chi connectivity index (χ3v) is 4.61. The number of phenols is 1. The van der Waals surface area contributed by atoms with Crippen molar-refractivity contribution in [1.29, 1.82) is 0 Å². The summed E-state index contributed by atoms with van der Waals surface area (Å²) in [6, 6.07) is 5.13. The molecule has 1 aromatic carbocycles. The molecule has 0 aliphatic heterocycles. The highest BCUT2D eigenvalue weighted by Gasteiger charge is 2.13. The number of methoxy groups -OCH3 is 3. The molecule has 0 saturated carbocycles. The van der Waals surface area contributed by atoms with Gasteiger partial charge >= 0.3 is 5.97 Å². The molecule has 1 aromatic rings. The van der Waals surface area contributed by atoms with E-state index in [1.54, 1.807) is 25.3 Å². The SMILES string of the molecule is COC(=O)CCCCCCC(CC(=O)CCc1ccc(O)c(OC)c1)OC. The summed E-state index contributed by atoms with van der Waals surface area (Å²) in [4.78, 5) is 23.3. The van der Waals surface area contributed by atoms with Crippen LogP contribution in [0.1, 0.15) is 56.9 Å². The fourth-order valence-corrected chi connectivity index (χ4v) is 2.92. The van der Waals surface area contributed by atoms with E-state index in [9.17, 15) is 14.7 Å². The number of aryl methyl sites for hydroxylation is 1. The van der Waals surface area contributed by atoms with Gasteiger partial charge in [0.05, 0.1) is 20.3 Å². The van der Waals surface area contributed by atoms with Crippen molar-refractivity contribution in [2.24, 2.45) is 0 Å². The highest BCUT2D eigenvalue weighted by molar-refractivity contribution is 5.79. The van der Waals surface area contributed by atoms with E-state index in [2.05, 4.69) is 4.74 Å². The Labute approximate surface area is 161 Å². The highest BCUT2D eigenvalue weighted by Crippen LogP contribution is 2.26. The average molecular weight is 380 g/mol. The molecule has 152 valence electrons. The zero-order chi connectivity index (χ0) is 20.1. The van der Waals surface area contributed by atoms with Gasteiger partial charge in [0.15, 0.2) is 11.5 Å². The topological polar surface area (TPSA) is 82.1 Å². The van der Waals surface area contributed by atoms with E-state index in [0.29, 0.717) is 31.4 Å². The first kappa shape index (κ1) is 23.0. The summed E-state index contributed by atoms with van der Waals surface area (Å²) < 4.78 is 15.1. The van der Waals surface area contributed by atoms with Gasteiger partial charge in [0.1, 0.15) is 5.78 Å². The molecule has 0 bridgehead atoms. The van der Waals surface area contributed by atoms with Crippen LogP contribution in [-0.2, 0) is 25.5 Å². The van der Waals surface area contributed by atoms with Gasteiger partial charge in [0, 0.05) is 26.4 Å². The van der Waals surface area contributed by atoms with Crippen LogP contribution in [0.15, 0.2) is 18.2 Å². The van der Waals surface area contributed by atoms with Crippen LogP contribution in [0, 0.1) is 0 Å². The predicted molar refractivity (Wildman–Crippen MR) is 103 cm³/mol. The molecule has 0 saturated heterocycles. The van der Waals surface area contributed by atoms with Gasteiger partial charge in [0.2, 0.25) is 0 Å². The van der Waals surface area contributed by atoms with Crippen LogP contribution < -0.4 is 4.74 Å². The lowest BCUT2D eigenvalue weighted by atomic mass is 10.0. The van der Waals surface area contributed by atoms with Crippen LogP contribution in [0.5, 0.6) is 11.5 Å². The van der Waals surface area contributed by atoms with Crippen molar-refractivity contribution in [3.8, 4) is 11.5 Å². The van der Waals surface area contributed by atoms with Crippen molar-refractivity contribution in [3.05, 3.63) is 23.8 Å². The van der Waals surface area contributed by atoms with Crippen LogP contribution in [0.25, 0.3) is 0 Å². The molecule has 1 rings (SSSR count). The smallest absolute Gasteiger partial charge is 0.305 e. The lowest BCUT2D eigenvalue weighted by molar-refractivity contribution is -0.140. The van der Waals surface area contributed by atoms with Crippen LogP contribution in [0.4, 0.5) is 0 Å². The number of ether oxygens (including phenoxy) is 3. The van der Waals surface area contributed by atoms with Crippen LogP contribution >= 0.6 is 0 Å². The molecule has 0 aliphatic rings. The first-order valence-electron chi connectivity index (χ1n) is 9.47. The Morgan fingerprint density at radius 3 is 2.44 bits per heavy atom. The van der Waals surface area contributed by atoms with Gasteiger partial charge in [-0.1, -0.05) is 25.3 Å². The number of carbonyl (C=O) groups excluding carboxylic acids is 2. The molecule has 27 heavy (non-hydrogen) atoms. The van der Waals surface area contributed by atoms with Gasteiger partial charge in [0.25, 0.3) is 0 Å². The minimum atomic E-state index is -0.165. The molecular formula is C21H32O6. The largest absolute Gasteiger partial charge is 0.504 e. The molecule has 0 spiro atoms. The molecule has 0 aromatic heterocycles.